The van der Waals surface area contributed by atoms with Gasteiger partial charge < -0.3 is 5.32 Å². The summed E-state index contributed by atoms with van der Waals surface area (Å²) in [6, 6.07) is 12.0. The molecule has 2 aromatic carbocycles. The molecule has 2 rings (SSSR count). The second-order valence-corrected chi connectivity index (χ2v) is 5.33. The molecule has 5 heteroatoms. The van der Waals surface area contributed by atoms with E-state index in [1.165, 1.54) is 0 Å². The van der Waals surface area contributed by atoms with Gasteiger partial charge in [0, 0.05) is 15.6 Å². The Labute approximate surface area is 129 Å². The Kier molecular flexibility index (Phi) is 4.74. The van der Waals surface area contributed by atoms with Gasteiger partial charge in [-0.3, -0.25) is 4.79 Å². The third-order valence-electron chi connectivity index (χ3n) is 2.95. The standard InChI is InChI=1S/C15H12BCl2NO/c1-9(10-3-2-4-12(17)7-10)19-15(20)11-5-6-14(18)13(16)8-11/h2-9H,1H3,(H,19,20)/t9-/m1/s1. The normalized spacial score (nSPS) is 11.9. The Morgan fingerprint density at radius 2 is 1.95 bits per heavy atom. The van der Waals surface area contributed by atoms with Crippen LogP contribution in [-0.2, 0) is 0 Å². The molecule has 0 heterocycles. The summed E-state index contributed by atoms with van der Waals surface area (Å²) in [5.41, 5.74) is 1.79. The number of amides is 1. The number of carbonyl (C=O) groups is 1. The zero-order valence-corrected chi connectivity index (χ0v) is 12.4. The third-order valence-corrected chi connectivity index (χ3v) is 3.53. The summed E-state index contributed by atoms with van der Waals surface area (Å²) in [6.45, 7) is 1.89. The monoisotopic (exact) mass is 303 g/mol. The molecule has 0 aromatic heterocycles. The summed E-state index contributed by atoms with van der Waals surface area (Å²) in [7, 11) is 5.69. The van der Waals surface area contributed by atoms with Crippen molar-refractivity contribution in [3.63, 3.8) is 0 Å². The van der Waals surface area contributed by atoms with E-state index in [-0.39, 0.29) is 11.9 Å². The maximum Gasteiger partial charge on any atom is 0.251 e. The number of hydrogen-bond acceptors (Lipinski definition) is 1. The predicted octanol–water partition coefficient (Wildman–Crippen LogP) is 3.28. The molecule has 2 radical (unpaired) electrons. The molecule has 0 aliphatic rings. The Morgan fingerprint density at radius 3 is 2.60 bits per heavy atom. The van der Waals surface area contributed by atoms with Crippen LogP contribution >= 0.6 is 23.2 Å². The summed E-state index contributed by atoms with van der Waals surface area (Å²) in [5.74, 6) is -0.208. The molecule has 1 amide bonds. The minimum absolute atomic E-state index is 0.155. The van der Waals surface area contributed by atoms with E-state index in [4.69, 9.17) is 31.0 Å². The molecular weight excluding hydrogens is 292 g/mol. The van der Waals surface area contributed by atoms with Crippen LogP contribution in [0.4, 0.5) is 0 Å². The van der Waals surface area contributed by atoms with Gasteiger partial charge in [0.05, 0.1) is 6.04 Å². The quantitative estimate of drug-likeness (QED) is 0.866. The minimum atomic E-state index is -0.208. The fourth-order valence-electron chi connectivity index (χ4n) is 1.82. The van der Waals surface area contributed by atoms with Gasteiger partial charge in [-0.2, -0.15) is 0 Å². The number of carbonyl (C=O) groups excluding carboxylic acids is 1. The van der Waals surface area contributed by atoms with Gasteiger partial charge in [0.2, 0.25) is 0 Å². The molecule has 1 N–H and O–H groups in total. The molecule has 0 saturated carbocycles. The van der Waals surface area contributed by atoms with Gasteiger partial charge in [-0.15, -0.1) is 0 Å². The lowest BCUT2D eigenvalue weighted by Gasteiger charge is -2.15. The number of benzene rings is 2. The van der Waals surface area contributed by atoms with E-state index in [1.807, 2.05) is 25.1 Å². The van der Waals surface area contributed by atoms with Crippen LogP contribution in [-0.4, -0.2) is 13.8 Å². The van der Waals surface area contributed by atoms with Crippen molar-refractivity contribution in [2.24, 2.45) is 0 Å². The highest BCUT2D eigenvalue weighted by Gasteiger charge is 2.12. The average molecular weight is 304 g/mol. The molecule has 20 heavy (non-hydrogen) atoms. The van der Waals surface area contributed by atoms with Crippen molar-refractivity contribution < 1.29 is 4.79 Å². The van der Waals surface area contributed by atoms with E-state index < -0.39 is 0 Å². The van der Waals surface area contributed by atoms with Gasteiger partial charge in [0.25, 0.3) is 5.91 Å². The first-order chi connectivity index (χ1) is 9.47. The number of halogens is 2. The van der Waals surface area contributed by atoms with Crippen LogP contribution < -0.4 is 10.8 Å². The highest BCUT2D eigenvalue weighted by atomic mass is 35.5. The molecule has 0 spiro atoms. The zero-order valence-electron chi connectivity index (χ0n) is 10.9. The lowest BCUT2D eigenvalue weighted by Crippen LogP contribution is -2.27. The first-order valence-electron chi connectivity index (χ1n) is 6.08. The molecule has 2 aromatic rings. The second kappa shape index (κ2) is 6.34. The summed E-state index contributed by atoms with van der Waals surface area (Å²) < 4.78 is 0. The molecule has 0 unspecified atom stereocenters. The van der Waals surface area contributed by atoms with Crippen LogP contribution in [0.1, 0.15) is 28.9 Å². The van der Waals surface area contributed by atoms with Gasteiger partial charge >= 0.3 is 0 Å². The van der Waals surface area contributed by atoms with Gasteiger partial charge in [-0.05, 0) is 36.8 Å². The van der Waals surface area contributed by atoms with E-state index in [0.29, 0.717) is 21.1 Å². The van der Waals surface area contributed by atoms with Crippen LogP contribution in [0.25, 0.3) is 0 Å². The zero-order chi connectivity index (χ0) is 14.7. The molecule has 0 saturated heterocycles. The van der Waals surface area contributed by atoms with Crippen LogP contribution in [0.2, 0.25) is 10.0 Å². The largest absolute Gasteiger partial charge is 0.346 e. The van der Waals surface area contributed by atoms with E-state index in [1.54, 1.807) is 24.3 Å². The summed E-state index contributed by atoms with van der Waals surface area (Å²) in [4.78, 5) is 12.1. The van der Waals surface area contributed by atoms with Crippen molar-refractivity contribution >= 4 is 42.4 Å². The van der Waals surface area contributed by atoms with Gasteiger partial charge in [0.1, 0.15) is 7.85 Å². The Hall–Kier alpha value is -1.45. The van der Waals surface area contributed by atoms with Gasteiger partial charge in [-0.1, -0.05) is 46.9 Å². The van der Waals surface area contributed by atoms with E-state index in [2.05, 4.69) is 5.32 Å². The Morgan fingerprint density at radius 1 is 1.20 bits per heavy atom. The van der Waals surface area contributed by atoms with Crippen LogP contribution in [0, 0.1) is 0 Å². The van der Waals surface area contributed by atoms with Crippen LogP contribution in [0.15, 0.2) is 42.5 Å². The molecule has 0 fully saturated rings. The maximum absolute atomic E-state index is 12.1. The molecule has 0 aliphatic carbocycles. The number of nitrogens with one attached hydrogen (secondary N) is 1. The smallest absolute Gasteiger partial charge is 0.251 e. The Bertz CT molecular complexity index is 646. The summed E-state index contributed by atoms with van der Waals surface area (Å²) >= 11 is 11.8. The van der Waals surface area contributed by atoms with Gasteiger partial charge in [-0.25, -0.2) is 0 Å². The maximum atomic E-state index is 12.1. The molecule has 2 nitrogen and oxygen atoms in total. The first kappa shape index (κ1) is 15.0. The highest BCUT2D eigenvalue weighted by Crippen LogP contribution is 2.18. The van der Waals surface area contributed by atoms with Crippen LogP contribution in [0.3, 0.4) is 0 Å². The first-order valence-corrected chi connectivity index (χ1v) is 6.84. The molecule has 100 valence electrons. The average Bonchev–Trinajstić information content (AvgIpc) is 2.41. The second-order valence-electron chi connectivity index (χ2n) is 4.49. The van der Waals surface area contributed by atoms with E-state index >= 15 is 0 Å². The summed E-state index contributed by atoms with van der Waals surface area (Å²) in [6.07, 6.45) is 0. The number of hydrogen-bond donors (Lipinski definition) is 1. The van der Waals surface area contributed by atoms with E-state index in [0.717, 1.165) is 5.56 Å². The fraction of sp³-hybridized carbons (Fsp3) is 0.133. The highest BCUT2D eigenvalue weighted by molar-refractivity contribution is 6.45. The third kappa shape index (κ3) is 3.56. The lowest BCUT2D eigenvalue weighted by atomic mass is 9.94. The van der Waals surface area contributed by atoms with Crippen LogP contribution in [0.5, 0.6) is 0 Å². The van der Waals surface area contributed by atoms with Crippen molar-refractivity contribution in [2.75, 3.05) is 0 Å². The molecule has 1 atom stereocenters. The van der Waals surface area contributed by atoms with Crippen molar-refractivity contribution in [3.8, 4) is 0 Å². The fourth-order valence-corrected chi connectivity index (χ4v) is 2.14. The molecular formula is C15H12BCl2NO. The van der Waals surface area contributed by atoms with Crippen molar-refractivity contribution in [1.29, 1.82) is 0 Å². The molecule has 0 aliphatic heterocycles. The topological polar surface area (TPSA) is 29.1 Å². The van der Waals surface area contributed by atoms with E-state index in [9.17, 15) is 4.79 Å². The lowest BCUT2D eigenvalue weighted by molar-refractivity contribution is 0.0940. The summed E-state index contributed by atoms with van der Waals surface area (Å²) in [5, 5.41) is 3.96. The minimum Gasteiger partial charge on any atom is -0.346 e. The van der Waals surface area contributed by atoms with Gasteiger partial charge in [0.15, 0.2) is 0 Å². The SMILES string of the molecule is [B]c1cc(C(=O)N[C@H](C)c2cccc(Cl)c2)ccc1Cl. The predicted molar refractivity (Wildman–Crippen MR) is 84.2 cm³/mol. The van der Waals surface area contributed by atoms with Crippen molar-refractivity contribution in [1.82, 2.24) is 5.32 Å². The molecule has 0 bridgehead atoms. The Balaban J connectivity index is 2.13. The van der Waals surface area contributed by atoms with Crippen molar-refractivity contribution in [3.05, 3.63) is 63.6 Å². The van der Waals surface area contributed by atoms with Crippen molar-refractivity contribution in [2.45, 2.75) is 13.0 Å². The number of rotatable bonds is 3.